The Hall–Kier alpha value is -3.02. The van der Waals surface area contributed by atoms with Crippen molar-refractivity contribution in [2.45, 2.75) is 6.61 Å². The van der Waals surface area contributed by atoms with Crippen molar-refractivity contribution in [3.63, 3.8) is 0 Å². The summed E-state index contributed by atoms with van der Waals surface area (Å²) in [5.41, 5.74) is 5.88. The summed E-state index contributed by atoms with van der Waals surface area (Å²) in [4.78, 5) is 22.6. The van der Waals surface area contributed by atoms with E-state index in [4.69, 9.17) is 32.1 Å². The maximum Gasteiger partial charge on any atom is 0.319 e. The Kier molecular flexibility index (Phi) is 7.44. The highest BCUT2D eigenvalue weighted by Gasteiger charge is 2.15. The third-order valence-corrected chi connectivity index (χ3v) is 4.58. The molecular formula is C19H15BrClN3O4. The highest BCUT2D eigenvalue weighted by molar-refractivity contribution is 9.10. The maximum absolute atomic E-state index is 11.8. The molecule has 144 valence electrons. The Morgan fingerprint density at radius 1 is 1.32 bits per heavy atom. The number of nitrogens with two attached hydrogens (primary N) is 1. The average Bonchev–Trinajstić information content (AvgIpc) is 2.65. The normalized spacial score (nSPS) is 10.7. The molecule has 0 spiro atoms. The zero-order valence-electron chi connectivity index (χ0n) is 14.7. The van der Waals surface area contributed by atoms with Gasteiger partial charge in [0.05, 0.1) is 7.11 Å². The summed E-state index contributed by atoms with van der Waals surface area (Å²) >= 11 is 9.50. The van der Waals surface area contributed by atoms with Crippen LogP contribution in [0.1, 0.15) is 11.1 Å². The van der Waals surface area contributed by atoms with Crippen LogP contribution < -0.4 is 20.5 Å². The number of hydrogen-bond acceptors (Lipinski definition) is 5. The molecular weight excluding hydrogens is 450 g/mol. The molecule has 0 aromatic heterocycles. The Morgan fingerprint density at radius 3 is 2.64 bits per heavy atom. The molecule has 0 saturated heterocycles. The second kappa shape index (κ2) is 9.78. The molecule has 0 aliphatic heterocycles. The zero-order chi connectivity index (χ0) is 20.7. The summed E-state index contributed by atoms with van der Waals surface area (Å²) in [5, 5.41) is 11.6. The van der Waals surface area contributed by atoms with Crippen molar-refractivity contribution in [1.82, 2.24) is 5.32 Å². The molecule has 0 heterocycles. The van der Waals surface area contributed by atoms with Crippen molar-refractivity contribution in [3.8, 4) is 17.6 Å². The second-order valence-corrected chi connectivity index (χ2v) is 6.65. The van der Waals surface area contributed by atoms with Crippen LogP contribution in [0.2, 0.25) is 5.02 Å². The predicted molar refractivity (Wildman–Crippen MR) is 108 cm³/mol. The van der Waals surface area contributed by atoms with E-state index in [1.165, 1.54) is 13.2 Å². The molecule has 0 radical (unpaired) electrons. The lowest BCUT2D eigenvalue weighted by molar-refractivity contribution is -0.115. The minimum Gasteiger partial charge on any atom is -0.493 e. The van der Waals surface area contributed by atoms with Crippen LogP contribution in [-0.2, 0) is 11.4 Å². The third-order valence-electron chi connectivity index (χ3n) is 3.53. The maximum atomic E-state index is 11.8. The van der Waals surface area contributed by atoms with Gasteiger partial charge in [-0.3, -0.25) is 10.1 Å². The topological polar surface area (TPSA) is 114 Å². The van der Waals surface area contributed by atoms with Crippen LogP contribution in [0.3, 0.4) is 0 Å². The molecule has 3 amide bonds. The number of amides is 3. The van der Waals surface area contributed by atoms with Gasteiger partial charge in [-0.05, 0) is 29.8 Å². The van der Waals surface area contributed by atoms with Gasteiger partial charge in [0.1, 0.15) is 18.2 Å². The Balaban J connectivity index is 2.31. The summed E-state index contributed by atoms with van der Waals surface area (Å²) in [6.07, 6.45) is 1.29. The fourth-order valence-electron chi connectivity index (χ4n) is 2.19. The van der Waals surface area contributed by atoms with Crippen LogP contribution in [0.25, 0.3) is 6.08 Å². The van der Waals surface area contributed by atoms with E-state index < -0.39 is 11.9 Å². The van der Waals surface area contributed by atoms with Gasteiger partial charge in [0.15, 0.2) is 11.5 Å². The number of nitrogens with zero attached hydrogens (tertiary/aromatic N) is 1. The number of rotatable bonds is 6. The van der Waals surface area contributed by atoms with Crippen molar-refractivity contribution in [2.75, 3.05) is 7.11 Å². The summed E-state index contributed by atoms with van der Waals surface area (Å²) in [5.74, 6) is -0.0828. The first-order valence-corrected chi connectivity index (χ1v) is 8.99. The minimum absolute atomic E-state index is 0.224. The molecule has 2 rings (SSSR count). The largest absolute Gasteiger partial charge is 0.493 e. The summed E-state index contributed by atoms with van der Waals surface area (Å²) in [7, 11) is 1.46. The Morgan fingerprint density at radius 2 is 2.04 bits per heavy atom. The molecule has 3 N–H and O–H groups in total. The number of imide groups is 1. The van der Waals surface area contributed by atoms with E-state index in [0.29, 0.717) is 26.6 Å². The highest BCUT2D eigenvalue weighted by atomic mass is 79.9. The van der Waals surface area contributed by atoms with Gasteiger partial charge in [-0.15, -0.1) is 0 Å². The number of urea groups is 1. The summed E-state index contributed by atoms with van der Waals surface area (Å²) in [6, 6.07) is 11.2. The first kappa shape index (κ1) is 21.3. The Labute approximate surface area is 174 Å². The van der Waals surface area contributed by atoms with Crippen LogP contribution in [0.5, 0.6) is 11.5 Å². The average molecular weight is 465 g/mol. The van der Waals surface area contributed by atoms with Crippen molar-refractivity contribution in [3.05, 3.63) is 62.6 Å². The lowest BCUT2D eigenvalue weighted by Gasteiger charge is -2.13. The smallest absolute Gasteiger partial charge is 0.319 e. The molecule has 9 heteroatoms. The molecule has 2 aromatic rings. The molecule has 0 fully saturated rings. The number of carbonyl (C=O) groups is 2. The van der Waals surface area contributed by atoms with Crippen molar-refractivity contribution < 1.29 is 19.1 Å². The van der Waals surface area contributed by atoms with Crippen molar-refractivity contribution in [1.29, 1.82) is 5.26 Å². The van der Waals surface area contributed by atoms with Gasteiger partial charge >= 0.3 is 6.03 Å². The van der Waals surface area contributed by atoms with Crippen LogP contribution in [-0.4, -0.2) is 19.0 Å². The molecule has 0 bridgehead atoms. The molecule has 0 atom stereocenters. The minimum atomic E-state index is -1.05. The zero-order valence-corrected chi connectivity index (χ0v) is 17.0. The molecule has 0 aliphatic carbocycles. The first-order valence-electron chi connectivity index (χ1n) is 7.82. The quantitative estimate of drug-likeness (QED) is 0.498. The standard InChI is InChI=1S/C19H15BrClN3O4/c1-27-16-7-12(6-13(9-22)18(25)24-19(23)26)14(20)8-17(16)28-10-11-4-2-3-5-15(11)21/h2-8H,10H2,1H3,(H3,23,24,25,26)/b13-6-. The molecule has 28 heavy (non-hydrogen) atoms. The molecule has 0 unspecified atom stereocenters. The van der Waals surface area contributed by atoms with Gasteiger partial charge in [0.2, 0.25) is 0 Å². The number of ether oxygens (including phenoxy) is 2. The number of carbonyl (C=O) groups excluding carboxylic acids is 2. The second-order valence-electron chi connectivity index (χ2n) is 5.39. The number of primary amides is 1. The van der Waals surface area contributed by atoms with E-state index in [2.05, 4.69) is 15.9 Å². The van der Waals surface area contributed by atoms with Gasteiger partial charge in [0.25, 0.3) is 5.91 Å². The number of methoxy groups -OCH3 is 1. The van der Waals surface area contributed by atoms with Gasteiger partial charge in [0, 0.05) is 15.1 Å². The summed E-state index contributed by atoms with van der Waals surface area (Å²) in [6.45, 7) is 0.224. The van der Waals surface area contributed by atoms with E-state index in [0.717, 1.165) is 5.56 Å². The third kappa shape index (κ3) is 5.49. The lowest BCUT2D eigenvalue weighted by atomic mass is 10.1. The van der Waals surface area contributed by atoms with Crippen LogP contribution in [0.15, 0.2) is 46.4 Å². The number of halogens is 2. The fraction of sp³-hybridized carbons (Fsp3) is 0.105. The van der Waals surface area contributed by atoms with Gasteiger partial charge in [-0.2, -0.15) is 5.26 Å². The van der Waals surface area contributed by atoms with Crippen LogP contribution in [0, 0.1) is 11.3 Å². The van der Waals surface area contributed by atoms with Crippen LogP contribution in [0.4, 0.5) is 4.79 Å². The van der Waals surface area contributed by atoms with E-state index in [1.54, 1.807) is 24.3 Å². The van der Waals surface area contributed by atoms with Crippen LogP contribution >= 0.6 is 27.5 Å². The number of benzene rings is 2. The highest BCUT2D eigenvalue weighted by Crippen LogP contribution is 2.35. The van der Waals surface area contributed by atoms with E-state index in [9.17, 15) is 9.59 Å². The van der Waals surface area contributed by atoms with Crippen molar-refractivity contribution >= 4 is 45.5 Å². The lowest BCUT2D eigenvalue weighted by Crippen LogP contribution is -2.35. The van der Waals surface area contributed by atoms with Gasteiger partial charge in [-0.25, -0.2) is 4.79 Å². The number of nitrogens with one attached hydrogen (secondary N) is 1. The Bertz CT molecular complexity index is 986. The molecule has 0 aliphatic rings. The van der Waals surface area contributed by atoms with Crippen molar-refractivity contribution in [2.24, 2.45) is 5.73 Å². The van der Waals surface area contributed by atoms with E-state index in [-0.39, 0.29) is 12.2 Å². The fourth-order valence-corrected chi connectivity index (χ4v) is 2.82. The predicted octanol–water partition coefficient (Wildman–Crippen LogP) is 3.79. The van der Waals surface area contributed by atoms with E-state index >= 15 is 0 Å². The van der Waals surface area contributed by atoms with Gasteiger partial charge < -0.3 is 15.2 Å². The molecule has 2 aromatic carbocycles. The number of nitriles is 1. The monoisotopic (exact) mass is 463 g/mol. The first-order chi connectivity index (χ1) is 13.3. The molecule has 7 nitrogen and oxygen atoms in total. The SMILES string of the molecule is COc1cc(/C=C(/C#N)C(=O)NC(N)=O)c(Br)cc1OCc1ccccc1Cl. The van der Waals surface area contributed by atoms with Gasteiger partial charge in [-0.1, -0.05) is 45.7 Å². The molecule has 0 saturated carbocycles. The number of hydrogen-bond donors (Lipinski definition) is 2. The summed E-state index contributed by atoms with van der Waals surface area (Å²) < 4.78 is 11.7. The van der Waals surface area contributed by atoms with E-state index in [1.807, 2.05) is 23.5 Å².